The van der Waals surface area contributed by atoms with Gasteiger partial charge in [-0.25, -0.2) is 0 Å². The van der Waals surface area contributed by atoms with Crippen LogP contribution in [-0.4, -0.2) is 46.4 Å². The Morgan fingerprint density at radius 1 is 0.974 bits per heavy atom. The van der Waals surface area contributed by atoms with Crippen molar-refractivity contribution in [1.82, 2.24) is 15.5 Å². The zero-order valence-electron chi connectivity index (χ0n) is 21.7. The summed E-state index contributed by atoms with van der Waals surface area (Å²) >= 11 is 0. The largest absolute Gasteiger partial charge is 0.508 e. The van der Waals surface area contributed by atoms with Crippen LogP contribution in [0.4, 0.5) is 0 Å². The van der Waals surface area contributed by atoms with E-state index in [0.717, 1.165) is 33.4 Å². The fourth-order valence-electron chi connectivity index (χ4n) is 4.95. The molecule has 38 heavy (non-hydrogen) atoms. The van der Waals surface area contributed by atoms with E-state index in [2.05, 4.69) is 10.6 Å². The van der Waals surface area contributed by atoms with E-state index in [9.17, 15) is 19.5 Å². The Balaban J connectivity index is 1.45. The lowest BCUT2D eigenvalue weighted by Gasteiger charge is -2.37. The van der Waals surface area contributed by atoms with Gasteiger partial charge >= 0.3 is 0 Å². The van der Waals surface area contributed by atoms with Crippen LogP contribution in [0.15, 0.2) is 66.7 Å². The Hall–Kier alpha value is -4.17. The minimum Gasteiger partial charge on any atom is -0.508 e. The Morgan fingerprint density at radius 3 is 2.29 bits per heavy atom. The molecular weight excluding hydrogens is 480 g/mol. The summed E-state index contributed by atoms with van der Waals surface area (Å²) < 4.78 is 0. The second-order valence-electron chi connectivity index (χ2n) is 9.80. The second kappa shape index (κ2) is 11.9. The number of nitrogens with one attached hydrogen (secondary N) is 2. The third-order valence-corrected chi connectivity index (χ3v) is 7.01. The molecule has 3 aromatic rings. The summed E-state index contributed by atoms with van der Waals surface area (Å²) in [5.41, 5.74) is 11.9. The Morgan fingerprint density at radius 2 is 1.61 bits per heavy atom. The average molecular weight is 515 g/mol. The number of phenolic OH excluding ortho intramolecular Hbond substituents is 1. The van der Waals surface area contributed by atoms with Crippen LogP contribution >= 0.6 is 0 Å². The van der Waals surface area contributed by atoms with Gasteiger partial charge in [-0.1, -0.05) is 54.6 Å². The Labute approximate surface area is 222 Å². The fourth-order valence-corrected chi connectivity index (χ4v) is 4.95. The smallest absolute Gasteiger partial charge is 0.243 e. The topological polar surface area (TPSA) is 125 Å². The number of nitrogens with zero attached hydrogens (tertiary/aromatic N) is 1. The number of benzene rings is 3. The molecule has 1 heterocycles. The molecule has 0 fully saturated rings. The molecule has 1 aliphatic heterocycles. The average Bonchev–Trinajstić information content (AvgIpc) is 2.91. The number of nitrogens with two attached hydrogens (primary N) is 1. The highest BCUT2D eigenvalue weighted by molar-refractivity contribution is 5.92. The van der Waals surface area contributed by atoms with E-state index < -0.39 is 18.0 Å². The first kappa shape index (κ1) is 26.9. The molecule has 0 spiro atoms. The second-order valence-corrected chi connectivity index (χ2v) is 9.80. The number of hydrogen-bond donors (Lipinski definition) is 4. The number of hydrogen-bond acceptors (Lipinski definition) is 5. The SMILES string of the molecule is Cc1cc(O)cc(C)c1CC(N)C(=O)N1Cc2ccccc2CC1C(=O)NCC(=O)NCc1ccccc1. The van der Waals surface area contributed by atoms with Gasteiger partial charge in [-0.05, 0) is 65.8 Å². The molecule has 0 bridgehead atoms. The standard InChI is InChI=1S/C30H34N4O4/c1-19-12-24(35)13-20(2)25(19)15-26(31)30(38)34-18-23-11-7-6-10-22(23)14-27(34)29(37)33-17-28(36)32-16-21-8-4-3-5-9-21/h3-13,26-27,35H,14-18,31H2,1-2H3,(H,32,36)(H,33,37). The number of carbonyl (C=O) groups is 3. The minimum absolute atomic E-state index is 0.167. The van der Waals surface area contributed by atoms with Gasteiger partial charge in [0.2, 0.25) is 17.7 Å². The molecule has 2 unspecified atom stereocenters. The van der Waals surface area contributed by atoms with E-state index in [1.165, 1.54) is 4.90 Å². The van der Waals surface area contributed by atoms with Crippen molar-refractivity contribution < 1.29 is 19.5 Å². The number of rotatable bonds is 8. The van der Waals surface area contributed by atoms with Gasteiger partial charge in [-0.3, -0.25) is 14.4 Å². The van der Waals surface area contributed by atoms with Crippen molar-refractivity contribution in [1.29, 1.82) is 0 Å². The summed E-state index contributed by atoms with van der Waals surface area (Å²) in [6.07, 6.45) is 0.620. The van der Waals surface area contributed by atoms with Crippen molar-refractivity contribution in [2.45, 2.75) is 51.9 Å². The maximum absolute atomic E-state index is 13.6. The number of aryl methyl sites for hydroxylation is 2. The third kappa shape index (κ3) is 6.39. The van der Waals surface area contributed by atoms with Gasteiger partial charge in [0.15, 0.2) is 0 Å². The Kier molecular flexibility index (Phi) is 8.43. The number of fused-ring (bicyclic) bond motifs is 1. The van der Waals surface area contributed by atoms with E-state index in [0.29, 0.717) is 13.0 Å². The minimum atomic E-state index is -0.869. The normalized spacial score (nSPS) is 15.3. The van der Waals surface area contributed by atoms with Crippen LogP contribution in [0, 0.1) is 13.8 Å². The zero-order valence-corrected chi connectivity index (χ0v) is 21.7. The predicted octanol–water partition coefficient (Wildman–Crippen LogP) is 2.26. The Bertz CT molecular complexity index is 1300. The molecule has 3 amide bonds. The number of carbonyl (C=O) groups excluding carboxylic acids is 3. The molecule has 0 saturated heterocycles. The first-order valence-corrected chi connectivity index (χ1v) is 12.7. The molecule has 8 nitrogen and oxygen atoms in total. The summed E-state index contributed by atoms with van der Waals surface area (Å²) in [7, 11) is 0. The lowest BCUT2D eigenvalue weighted by molar-refractivity contribution is -0.143. The molecule has 0 saturated carbocycles. The molecule has 0 aromatic heterocycles. The van der Waals surface area contributed by atoms with Crippen molar-refractivity contribution in [3.8, 4) is 5.75 Å². The van der Waals surface area contributed by atoms with Crippen LogP contribution < -0.4 is 16.4 Å². The van der Waals surface area contributed by atoms with E-state index >= 15 is 0 Å². The molecule has 4 rings (SSSR count). The number of aromatic hydroxyl groups is 1. The molecule has 0 radical (unpaired) electrons. The van der Waals surface area contributed by atoms with Crippen LogP contribution in [0.25, 0.3) is 0 Å². The maximum Gasteiger partial charge on any atom is 0.243 e. The van der Waals surface area contributed by atoms with Crippen molar-refractivity contribution in [3.05, 3.63) is 100 Å². The van der Waals surface area contributed by atoms with Crippen molar-refractivity contribution in [3.63, 3.8) is 0 Å². The summed E-state index contributed by atoms with van der Waals surface area (Å²) in [6, 6.07) is 18.9. The van der Waals surface area contributed by atoms with Crippen molar-refractivity contribution >= 4 is 17.7 Å². The van der Waals surface area contributed by atoms with Crippen LogP contribution in [0.5, 0.6) is 5.75 Å². The first-order valence-electron chi connectivity index (χ1n) is 12.7. The van der Waals surface area contributed by atoms with Crippen LogP contribution in [0.3, 0.4) is 0 Å². The van der Waals surface area contributed by atoms with Gasteiger partial charge in [0.05, 0.1) is 12.6 Å². The number of amides is 3. The monoisotopic (exact) mass is 514 g/mol. The lowest BCUT2D eigenvalue weighted by Crippen LogP contribution is -2.57. The van der Waals surface area contributed by atoms with E-state index in [1.54, 1.807) is 12.1 Å². The quantitative estimate of drug-likeness (QED) is 0.367. The van der Waals surface area contributed by atoms with Gasteiger partial charge in [-0.2, -0.15) is 0 Å². The fraction of sp³-hybridized carbons (Fsp3) is 0.300. The molecule has 5 N–H and O–H groups in total. The summed E-state index contributed by atoms with van der Waals surface area (Å²) in [5.74, 6) is -0.876. The van der Waals surface area contributed by atoms with E-state index in [1.807, 2.05) is 68.4 Å². The van der Waals surface area contributed by atoms with Gasteiger partial charge in [0.1, 0.15) is 11.8 Å². The van der Waals surface area contributed by atoms with Crippen molar-refractivity contribution in [2.75, 3.05) is 6.54 Å². The molecule has 1 aliphatic rings. The van der Waals surface area contributed by atoms with E-state index in [-0.39, 0.29) is 37.1 Å². The van der Waals surface area contributed by atoms with Gasteiger partial charge in [0, 0.05) is 19.5 Å². The molecule has 0 aliphatic carbocycles. The van der Waals surface area contributed by atoms with E-state index in [4.69, 9.17) is 5.73 Å². The molecule has 198 valence electrons. The molecule has 3 aromatic carbocycles. The van der Waals surface area contributed by atoms with Crippen LogP contribution in [-0.2, 0) is 40.3 Å². The summed E-state index contributed by atoms with van der Waals surface area (Å²) in [6.45, 7) is 4.17. The van der Waals surface area contributed by atoms with Crippen molar-refractivity contribution in [2.24, 2.45) is 5.73 Å². The highest BCUT2D eigenvalue weighted by atomic mass is 16.3. The molecule has 8 heteroatoms. The summed E-state index contributed by atoms with van der Waals surface area (Å²) in [4.78, 5) is 40.8. The van der Waals surface area contributed by atoms with Gasteiger partial charge in [-0.15, -0.1) is 0 Å². The summed E-state index contributed by atoms with van der Waals surface area (Å²) in [5, 5.41) is 15.4. The lowest BCUT2D eigenvalue weighted by atomic mass is 9.91. The van der Waals surface area contributed by atoms with Gasteiger partial charge < -0.3 is 26.4 Å². The predicted molar refractivity (Wildman–Crippen MR) is 145 cm³/mol. The molecular formula is C30H34N4O4. The van der Waals surface area contributed by atoms with Crippen LogP contribution in [0.2, 0.25) is 0 Å². The highest BCUT2D eigenvalue weighted by Gasteiger charge is 2.36. The first-order chi connectivity index (χ1) is 18.2. The van der Waals surface area contributed by atoms with Crippen LogP contribution in [0.1, 0.15) is 33.4 Å². The molecule has 2 atom stereocenters. The highest BCUT2D eigenvalue weighted by Crippen LogP contribution is 2.26. The van der Waals surface area contributed by atoms with Gasteiger partial charge in [0.25, 0.3) is 0 Å². The number of phenols is 1. The zero-order chi connectivity index (χ0) is 27.2. The maximum atomic E-state index is 13.6. The third-order valence-electron chi connectivity index (χ3n) is 7.01.